The summed E-state index contributed by atoms with van der Waals surface area (Å²) in [4.78, 5) is 10.7. The van der Waals surface area contributed by atoms with E-state index in [4.69, 9.17) is 5.73 Å². The van der Waals surface area contributed by atoms with Crippen LogP contribution in [0.5, 0.6) is 0 Å². The van der Waals surface area contributed by atoms with Crippen molar-refractivity contribution < 1.29 is 4.79 Å². The van der Waals surface area contributed by atoms with E-state index in [-0.39, 0.29) is 5.91 Å². The summed E-state index contributed by atoms with van der Waals surface area (Å²) in [6.07, 6.45) is 0.352. The zero-order valence-electron chi connectivity index (χ0n) is 11.9. The van der Waals surface area contributed by atoms with Crippen LogP contribution in [0.25, 0.3) is 5.69 Å². The summed E-state index contributed by atoms with van der Waals surface area (Å²) in [5, 5.41) is 7.80. The maximum absolute atomic E-state index is 10.7. The van der Waals surface area contributed by atoms with Crippen molar-refractivity contribution in [3.05, 3.63) is 47.3 Å². The highest BCUT2D eigenvalue weighted by Gasteiger charge is 2.12. The van der Waals surface area contributed by atoms with Crippen molar-refractivity contribution >= 4 is 5.91 Å². The van der Waals surface area contributed by atoms with Crippen LogP contribution in [0.15, 0.2) is 30.3 Å². The lowest BCUT2D eigenvalue weighted by Crippen LogP contribution is -2.22. The number of hydrogen-bond donors (Lipinski definition) is 2. The number of nitrogens with one attached hydrogen (secondary N) is 1. The molecule has 0 atom stereocenters. The molecule has 0 radical (unpaired) electrons. The van der Waals surface area contributed by atoms with Gasteiger partial charge in [-0.25, -0.2) is 4.68 Å². The van der Waals surface area contributed by atoms with Crippen molar-refractivity contribution in [2.45, 2.75) is 26.8 Å². The number of hydrogen-bond acceptors (Lipinski definition) is 3. The van der Waals surface area contributed by atoms with Crippen molar-refractivity contribution in [1.29, 1.82) is 0 Å². The third-order valence-corrected chi connectivity index (χ3v) is 3.29. The third kappa shape index (κ3) is 3.24. The van der Waals surface area contributed by atoms with Crippen LogP contribution in [0, 0.1) is 13.8 Å². The summed E-state index contributed by atoms with van der Waals surface area (Å²) in [6.45, 7) is 5.33. The van der Waals surface area contributed by atoms with Gasteiger partial charge >= 0.3 is 0 Å². The molecule has 1 aromatic carbocycles. The van der Waals surface area contributed by atoms with Crippen LogP contribution in [0.3, 0.4) is 0 Å². The van der Waals surface area contributed by atoms with Gasteiger partial charge in [0.1, 0.15) is 0 Å². The minimum atomic E-state index is -0.286. The first-order valence-electron chi connectivity index (χ1n) is 6.69. The number of nitrogens with zero attached hydrogens (tertiary/aromatic N) is 2. The molecular weight excluding hydrogens is 252 g/mol. The first-order valence-corrected chi connectivity index (χ1v) is 6.69. The van der Waals surface area contributed by atoms with Crippen molar-refractivity contribution in [3.63, 3.8) is 0 Å². The Kier molecular flexibility index (Phi) is 4.53. The molecule has 2 rings (SSSR count). The lowest BCUT2D eigenvalue weighted by atomic mass is 10.2. The molecule has 0 aliphatic heterocycles. The number of aromatic nitrogens is 2. The molecule has 0 aliphatic carbocycles. The molecule has 1 amide bonds. The summed E-state index contributed by atoms with van der Waals surface area (Å²) in [6, 6.07) is 10.0. The smallest absolute Gasteiger partial charge is 0.218 e. The van der Waals surface area contributed by atoms with Gasteiger partial charge in [-0.05, 0) is 26.0 Å². The molecule has 3 N–H and O–H groups in total. The van der Waals surface area contributed by atoms with Gasteiger partial charge in [0.25, 0.3) is 0 Å². The average Bonchev–Trinajstić information content (AvgIpc) is 2.71. The lowest BCUT2D eigenvalue weighted by Gasteiger charge is -2.06. The normalized spacial score (nSPS) is 10.7. The number of primary amides is 1. The Morgan fingerprint density at radius 3 is 2.65 bits per heavy atom. The number of rotatable bonds is 6. The first kappa shape index (κ1) is 14.3. The molecule has 106 valence electrons. The van der Waals surface area contributed by atoms with Crippen molar-refractivity contribution in [1.82, 2.24) is 15.1 Å². The third-order valence-electron chi connectivity index (χ3n) is 3.29. The van der Waals surface area contributed by atoms with E-state index in [0.717, 1.165) is 17.1 Å². The Morgan fingerprint density at radius 1 is 1.30 bits per heavy atom. The Labute approximate surface area is 118 Å². The largest absolute Gasteiger partial charge is 0.370 e. The highest BCUT2D eigenvalue weighted by molar-refractivity contribution is 5.73. The standard InChI is InChI=1S/C15H20N4O/c1-11-14(10-17-9-8-15(16)20)12(2)19(18-11)13-6-4-3-5-7-13/h3-7,17H,8-10H2,1-2H3,(H2,16,20). The fourth-order valence-electron chi connectivity index (χ4n) is 2.18. The minimum absolute atomic E-state index is 0.286. The van der Waals surface area contributed by atoms with Crippen LogP contribution in [0.4, 0.5) is 0 Å². The lowest BCUT2D eigenvalue weighted by molar-refractivity contribution is -0.117. The molecule has 0 spiro atoms. The fraction of sp³-hybridized carbons (Fsp3) is 0.333. The number of carbonyl (C=O) groups excluding carboxylic acids is 1. The van der Waals surface area contributed by atoms with Crippen molar-refractivity contribution in [2.75, 3.05) is 6.54 Å². The van der Waals surface area contributed by atoms with Crippen LogP contribution >= 0.6 is 0 Å². The van der Waals surface area contributed by atoms with Gasteiger partial charge in [0.15, 0.2) is 0 Å². The number of amides is 1. The maximum Gasteiger partial charge on any atom is 0.218 e. The van der Waals surface area contributed by atoms with Gasteiger partial charge in [-0.15, -0.1) is 0 Å². The van der Waals surface area contributed by atoms with Crippen molar-refractivity contribution in [3.8, 4) is 5.69 Å². The predicted molar refractivity (Wildman–Crippen MR) is 78.6 cm³/mol. The highest BCUT2D eigenvalue weighted by atomic mass is 16.1. The van der Waals surface area contributed by atoms with E-state index >= 15 is 0 Å². The van der Waals surface area contributed by atoms with E-state index in [1.807, 2.05) is 41.9 Å². The van der Waals surface area contributed by atoms with Crippen LogP contribution < -0.4 is 11.1 Å². The summed E-state index contributed by atoms with van der Waals surface area (Å²) in [7, 11) is 0. The van der Waals surface area contributed by atoms with Gasteiger partial charge in [-0.2, -0.15) is 5.10 Å². The number of benzene rings is 1. The Morgan fingerprint density at radius 2 is 2.00 bits per heavy atom. The molecule has 1 heterocycles. The van der Waals surface area contributed by atoms with Crippen LogP contribution in [0.2, 0.25) is 0 Å². The minimum Gasteiger partial charge on any atom is -0.370 e. The second-order valence-electron chi connectivity index (χ2n) is 4.79. The predicted octanol–water partition coefficient (Wildman–Crippen LogP) is 1.45. The van der Waals surface area contributed by atoms with E-state index in [0.29, 0.717) is 19.5 Å². The molecular formula is C15H20N4O. The van der Waals surface area contributed by atoms with E-state index < -0.39 is 0 Å². The van der Waals surface area contributed by atoms with Gasteiger partial charge in [0.05, 0.1) is 11.4 Å². The Balaban J connectivity index is 2.11. The van der Waals surface area contributed by atoms with E-state index in [9.17, 15) is 4.79 Å². The molecule has 20 heavy (non-hydrogen) atoms. The number of nitrogens with two attached hydrogens (primary N) is 1. The molecule has 5 nitrogen and oxygen atoms in total. The maximum atomic E-state index is 10.7. The van der Waals surface area contributed by atoms with Crippen molar-refractivity contribution in [2.24, 2.45) is 5.73 Å². The van der Waals surface area contributed by atoms with Gasteiger partial charge in [0.2, 0.25) is 5.91 Å². The Hall–Kier alpha value is -2.14. The number of para-hydroxylation sites is 1. The second kappa shape index (κ2) is 6.34. The zero-order chi connectivity index (χ0) is 14.5. The molecule has 0 aliphatic rings. The molecule has 1 aromatic heterocycles. The Bertz CT molecular complexity index is 589. The molecule has 2 aromatic rings. The average molecular weight is 272 g/mol. The van der Waals surface area contributed by atoms with Crippen LogP contribution in [0.1, 0.15) is 23.4 Å². The van der Waals surface area contributed by atoms with Gasteiger partial charge in [0, 0.05) is 30.8 Å². The topological polar surface area (TPSA) is 72.9 Å². The summed E-state index contributed by atoms with van der Waals surface area (Å²) < 4.78 is 1.94. The molecule has 0 saturated carbocycles. The van der Waals surface area contributed by atoms with E-state index in [1.54, 1.807) is 0 Å². The SMILES string of the molecule is Cc1nn(-c2ccccc2)c(C)c1CNCCC(N)=O. The van der Waals surface area contributed by atoms with Crippen LogP contribution in [-0.2, 0) is 11.3 Å². The van der Waals surface area contributed by atoms with Gasteiger partial charge in [-0.1, -0.05) is 18.2 Å². The van der Waals surface area contributed by atoms with Gasteiger partial charge < -0.3 is 11.1 Å². The molecule has 0 fully saturated rings. The fourth-order valence-corrected chi connectivity index (χ4v) is 2.18. The van der Waals surface area contributed by atoms with Gasteiger partial charge in [-0.3, -0.25) is 4.79 Å². The first-order chi connectivity index (χ1) is 9.59. The van der Waals surface area contributed by atoms with E-state index in [2.05, 4.69) is 17.3 Å². The number of carbonyl (C=O) groups is 1. The molecule has 5 heteroatoms. The molecule has 0 saturated heterocycles. The highest BCUT2D eigenvalue weighted by Crippen LogP contribution is 2.17. The van der Waals surface area contributed by atoms with E-state index in [1.165, 1.54) is 5.56 Å². The van der Waals surface area contributed by atoms with Crippen LogP contribution in [-0.4, -0.2) is 22.2 Å². The summed E-state index contributed by atoms with van der Waals surface area (Å²) in [5.41, 5.74) is 9.44. The number of aryl methyl sites for hydroxylation is 1. The molecule has 0 bridgehead atoms. The zero-order valence-corrected chi connectivity index (χ0v) is 11.9. The summed E-state index contributed by atoms with van der Waals surface area (Å²) >= 11 is 0. The monoisotopic (exact) mass is 272 g/mol. The quantitative estimate of drug-likeness (QED) is 0.782. The molecule has 0 unspecified atom stereocenters. The summed E-state index contributed by atoms with van der Waals surface area (Å²) in [5.74, 6) is -0.286. The second-order valence-corrected chi connectivity index (χ2v) is 4.79.